The van der Waals surface area contributed by atoms with Crippen LogP contribution in [0.2, 0.25) is 5.02 Å². The van der Waals surface area contributed by atoms with Gasteiger partial charge in [0.2, 0.25) is 0 Å². The molecule has 1 fully saturated rings. The number of anilines is 2. The van der Waals surface area contributed by atoms with Crippen molar-refractivity contribution in [1.29, 1.82) is 0 Å². The molecule has 1 saturated carbocycles. The fourth-order valence-electron chi connectivity index (χ4n) is 5.50. The van der Waals surface area contributed by atoms with Crippen LogP contribution < -0.4 is 15.5 Å². The van der Waals surface area contributed by atoms with Crippen molar-refractivity contribution >= 4 is 50.8 Å². The number of carbonyl (C=O) groups excluding carboxylic acids is 2. The maximum Gasteiger partial charge on any atom is 0.326 e. The van der Waals surface area contributed by atoms with E-state index in [1.165, 1.54) is 23.8 Å². The minimum Gasteiger partial charge on any atom is -0.341 e. The summed E-state index contributed by atoms with van der Waals surface area (Å²) in [6.07, 6.45) is 3.30. The highest BCUT2D eigenvalue weighted by atomic mass is 79.9. The molecule has 0 bridgehead atoms. The van der Waals surface area contributed by atoms with E-state index in [0.29, 0.717) is 38.4 Å². The van der Waals surface area contributed by atoms with E-state index in [9.17, 15) is 14.0 Å². The Morgan fingerprint density at radius 2 is 1.97 bits per heavy atom. The summed E-state index contributed by atoms with van der Waals surface area (Å²) < 4.78 is 14.7. The van der Waals surface area contributed by atoms with E-state index in [1.807, 2.05) is 18.2 Å². The minimum atomic E-state index is -0.682. The van der Waals surface area contributed by atoms with E-state index < -0.39 is 11.9 Å². The number of fused-ring (bicyclic) bond motifs is 3. The highest BCUT2D eigenvalue weighted by Crippen LogP contribution is 2.52. The average molecular weight is 541 g/mol. The van der Waals surface area contributed by atoms with Crippen molar-refractivity contribution in [3.63, 3.8) is 0 Å². The average Bonchev–Trinajstić information content (AvgIpc) is 3.31. The molecule has 1 spiro atoms. The van der Waals surface area contributed by atoms with E-state index >= 15 is 0 Å². The summed E-state index contributed by atoms with van der Waals surface area (Å²) in [7, 11) is 0. The SMILES string of the molecule is O=C1NC(c2cc(F)ccc2Cl)c2c(NC(=O)N3CC4(CCC4)c4ccccc43)cc(Br)cc21. The van der Waals surface area contributed by atoms with Gasteiger partial charge < -0.3 is 10.6 Å². The van der Waals surface area contributed by atoms with Gasteiger partial charge in [-0.25, -0.2) is 9.18 Å². The lowest BCUT2D eigenvalue weighted by atomic mass is 9.66. The van der Waals surface area contributed by atoms with Crippen LogP contribution in [0.25, 0.3) is 0 Å². The predicted octanol–water partition coefficient (Wildman–Crippen LogP) is 6.55. The van der Waals surface area contributed by atoms with Gasteiger partial charge >= 0.3 is 6.03 Å². The van der Waals surface area contributed by atoms with Gasteiger partial charge in [-0.2, -0.15) is 0 Å². The van der Waals surface area contributed by atoms with Gasteiger partial charge in [0, 0.05) is 49.5 Å². The van der Waals surface area contributed by atoms with E-state index in [1.54, 1.807) is 17.0 Å². The van der Waals surface area contributed by atoms with Gasteiger partial charge in [-0.15, -0.1) is 0 Å². The molecule has 3 aromatic rings. The Morgan fingerprint density at radius 3 is 2.74 bits per heavy atom. The molecule has 0 radical (unpaired) electrons. The molecule has 172 valence electrons. The molecule has 0 saturated heterocycles. The molecule has 0 aromatic heterocycles. The maximum absolute atomic E-state index is 14.1. The Morgan fingerprint density at radius 1 is 1.18 bits per heavy atom. The zero-order chi connectivity index (χ0) is 23.6. The molecule has 6 rings (SSSR count). The summed E-state index contributed by atoms with van der Waals surface area (Å²) >= 11 is 9.82. The summed E-state index contributed by atoms with van der Waals surface area (Å²) in [5, 5.41) is 6.25. The zero-order valence-corrected chi connectivity index (χ0v) is 20.3. The van der Waals surface area contributed by atoms with Gasteiger partial charge in [0.1, 0.15) is 5.82 Å². The Hall–Kier alpha value is -2.90. The first kappa shape index (κ1) is 21.6. The van der Waals surface area contributed by atoms with E-state index in [2.05, 4.69) is 32.6 Å². The molecular weight excluding hydrogens is 521 g/mol. The topological polar surface area (TPSA) is 61.4 Å². The molecular formula is C26H20BrClFN3O2. The molecule has 2 heterocycles. The molecule has 2 aliphatic heterocycles. The van der Waals surface area contributed by atoms with Crippen molar-refractivity contribution in [2.75, 3.05) is 16.8 Å². The third-order valence-corrected chi connectivity index (χ3v) is 8.05. The molecule has 34 heavy (non-hydrogen) atoms. The minimum absolute atomic E-state index is 0.0301. The number of urea groups is 1. The highest BCUT2D eigenvalue weighted by Gasteiger charge is 2.48. The zero-order valence-electron chi connectivity index (χ0n) is 18.0. The number of nitrogens with one attached hydrogen (secondary N) is 2. The lowest BCUT2D eigenvalue weighted by Crippen LogP contribution is -2.43. The van der Waals surface area contributed by atoms with Gasteiger partial charge in [0.05, 0.1) is 6.04 Å². The summed E-state index contributed by atoms with van der Waals surface area (Å²) in [5.74, 6) is -0.763. The van der Waals surface area contributed by atoms with Crippen molar-refractivity contribution < 1.29 is 14.0 Å². The smallest absolute Gasteiger partial charge is 0.326 e. The van der Waals surface area contributed by atoms with Crippen LogP contribution in [-0.2, 0) is 5.41 Å². The Kier molecular flexibility index (Phi) is 4.97. The van der Waals surface area contributed by atoms with E-state index in [4.69, 9.17) is 11.6 Å². The van der Waals surface area contributed by atoms with Crippen LogP contribution in [-0.4, -0.2) is 18.5 Å². The Bertz CT molecular complexity index is 1370. The molecule has 3 aliphatic rings. The van der Waals surface area contributed by atoms with Crippen molar-refractivity contribution in [3.05, 3.63) is 92.2 Å². The Balaban J connectivity index is 1.39. The molecule has 8 heteroatoms. The van der Waals surface area contributed by atoms with Crippen LogP contribution in [0.15, 0.2) is 59.1 Å². The maximum atomic E-state index is 14.1. The lowest BCUT2D eigenvalue weighted by molar-refractivity contribution is 0.0960. The Labute approximate surface area is 209 Å². The molecule has 1 aliphatic carbocycles. The normalized spacial score (nSPS) is 19.4. The number of hydrogen-bond acceptors (Lipinski definition) is 2. The number of carbonyl (C=O) groups is 2. The van der Waals surface area contributed by atoms with Gasteiger partial charge in [0.15, 0.2) is 0 Å². The first-order valence-corrected chi connectivity index (χ1v) is 12.3. The lowest BCUT2D eigenvalue weighted by Gasteiger charge is -2.38. The van der Waals surface area contributed by atoms with Crippen LogP contribution >= 0.6 is 27.5 Å². The number of nitrogens with zero attached hydrogens (tertiary/aromatic N) is 1. The monoisotopic (exact) mass is 539 g/mol. The molecule has 3 aromatic carbocycles. The number of rotatable bonds is 2. The summed E-state index contributed by atoms with van der Waals surface area (Å²) in [6, 6.07) is 14.6. The van der Waals surface area contributed by atoms with Crippen LogP contribution in [0.5, 0.6) is 0 Å². The second kappa shape index (κ2) is 7.82. The third-order valence-electron chi connectivity index (χ3n) is 7.25. The summed E-state index contributed by atoms with van der Waals surface area (Å²) in [4.78, 5) is 28.2. The third kappa shape index (κ3) is 3.25. The fourth-order valence-corrected chi connectivity index (χ4v) is 6.18. The van der Waals surface area contributed by atoms with Crippen LogP contribution in [0.3, 0.4) is 0 Å². The molecule has 1 atom stereocenters. The second-order valence-electron chi connectivity index (χ2n) is 9.15. The number of benzene rings is 3. The quantitative estimate of drug-likeness (QED) is 0.387. The summed E-state index contributed by atoms with van der Waals surface area (Å²) in [5.41, 5.74) is 4.06. The van der Waals surface area contributed by atoms with Crippen LogP contribution in [0.4, 0.5) is 20.6 Å². The van der Waals surface area contributed by atoms with Crippen molar-refractivity contribution in [1.82, 2.24) is 5.32 Å². The van der Waals surface area contributed by atoms with E-state index in [-0.39, 0.29) is 17.4 Å². The van der Waals surface area contributed by atoms with Crippen molar-refractivity contribution in [2.24, 2.45) is 0 Å². The number of amides is 3. The van der Waals surface area contributed by atoms with Crippen LogP contribution in [0.1, 0.15) is 52.4 Å². The number of halogens is 3. The number of hydrogen-bond donors (Lipinski definition) is 2. The molecule has 3 amide bonds. The standard InChI is InChI=1S/C26H20BrClFN3O2/c27-14-10-17-22(23(31-24(17)33)16-12-15(29)6-7-19(16)28)20(11-14)30-25(34)32-13-26(8-3-9-26)18-4-1-2-5-21(18)32/h1-2,4-7,10-12,23H,3,8-9,13H2,(H,30,34)(H,31,33). The molecule has 5 nitrogen and oxygen atoms in total. The fraction of sp³-hybridized carbons (Fsp3) is 0.231. The van der Waals surface area contributed by atoms with Gasteiger partial charge in [0.25, 0.3) is 5.91 Å². The largest absolute Gasteiger partial charge is 0.341 e. The molecule has 1 unspecified atom stereocenters. The van der Waals surface area contributed by atoms with Gasteiger partial charge in [-0.3, -0.25) is 9.69 Å². The molecule has 2 N–H and O–H groups in total. The van der Waals surface area contributed by atoms with Crippen LogP contribution in [0, 0.1) is 5.82 Å². The van der Waals surface area contributed by atoms with E-state index in [0.717, 1.165) is 24.9 Å². The predicted molar refractivity (Wildman–Crippen MR) is 133 cm³/mol. The first-order chi connectivity index (χ1) is 16.4. The second-order valence-corrected chi connectivity index (χ2v) is 10.5. The highest BCUT2D eigenvalue weighted by molar-refractivity contribution is 9.10. The van der Waals surface area contributed by atoms with Crippen molar-refractivity contribution in [2.45, 2.75) is 30.7 Å². The first-order valence-electron chi connectivity index (χ1n) is 11.1. The van der Waals surface area contributed by atoms with Gasteiger partial charge in [-0.05, 0) is 54.8 Å². The van der Waals surface area contributed by atoms with Gasteiger partial charge in [-0.1, -0.05) is 52.2 Å². The summed E-state index contributed by atoms with van der Waals surface area (Å²) in [6.45, 7) is 0.630. The number of para-hydroxylation sites is 1. The van der Waals surface area contributed by atoms with Crippen molar-refractivity contribution in [3.8, 4) is 0 Å².